The van der Waals surface area contributed by atoms with Gasteiger partial charge >= 0.3 is 7.12 Å². The average Bonchev–Trinajstić information content (AvgIpc) is 3.30. The number of allylic oxidation sites excluding steroid dienone is 1. The lowest BCUT2D eigenvalue weighted by molar-refractivity contribution is -0.123. The number of phenolic OH excluding ortho intramolecular Hbond substituents is 1. The third-order valence-electron chi connectivity index (χ3n) is 8.89. The number of imide groups is 1. The minimum atomic E-state index is -1.32. The smallest absolute Gasteiger partial charge is 0.487 e. The van der Waals surface area contributed by atoms with Gasteiger partial charge in [-0.2, -0.15) is 0 Å². The highest BCUT2D eigenvalue weighted by Crippen LogP contribution is 2.52. The SMILES string of the molecule is O=C1[C@H]2[C@H](CC(COc3ccccc3)=C3B(O)O[C@H](c4ccc(O)cc4Cl)C[C@H]32)C(=O)N1c1ccc(Nc2ccccc2)cc1. The number of ether oxygens (including phenoxy) is 1. The van der Waals surface area contributed by atoms with Crippen LogP contribution in [0, 0.1) is 17.8 Å². The molecule has 4 aromatic rings. The fourth-order valence-corrected chi connectivity index (χ4v) is 7.14. The molecule has 0 spiro atoms. The highest BCUT2D eigenvalue weighted by atomic mass is 35.5. The molecule has 2 saturated heterocycles. The standard InChI is InChI=1S/C35H30BClN2O6/c37-30-18-25(40)15-16-27(30)31-19-28-32-29(17-21(33(28)36(43)45-31)20-44-26-9-5-2-6-10-26)34(41)39(35(32)42)24-13-11-23(12-14-24)38-22-7-3-1-4-8-22/h1-16,18,28-29,31-32,38,40,43H,17,19-20H2/t28-,29-,31-,32+/m0/s1. The van der Waals surface area contributed by atoms with Gasteiger partial charge in [-0.1, -0.05) is 54.1 Å². The van der Waals surface area contributed by atoms with Gasteiger partial charge in [0, 0.05) is 16.4 Å². The van der Waals surface area contributed by atoms with E-state index in [2.05, 4.69) is 5.32 Å². The van der Waals surface area contributed by atoms with Crippen molar-refractivity contribution in [1.29, 1.82) is 0 Å². The van der Waals surface area contributed by atoms with E-state index in [1.807, 2.05) is 72.8 Å². The van der Waals surface area contributed by atoms with Crippen molar-refractivity contribution in [2.75, 3.05) is 16.8 Å². The van der Waals surface area contributed by atoms with Crippen molar-refractivity contribution in [3.8, 4) is 11.5 Å². The molecule has 2 amide bonds. The summed E-state index contributed by atoms with van der Waals surface area (Å²) in [7, 11) is -1.32. The second-order valence-electron chi connectivity index (χ2n) is 11.6. The van der Waals surface area contributed by atoms with Crippen LogP contribution in [-0.4, -0.2) is 35.7 Å². The van der Waals surface area contributed by atoms with Crippen LogP contribution in [0.3, 0.4) is 0 Å². The molecule has 0 saturated carbocycles. The highest BCUT2D eigenvalue weighted by molar-refractivity contribution is 6.53. The Hall–Kier alpha value is -4.57. The molecule has 1 aliphatic carbocycles. The van der Waals surface area contributed by atoms with Crippen molar-refractivity contribution in [3.05, 3.63) is 125 Å². The summed E-state index contributed by atoms with van der Waals surface area (Å²) >= 11 is 6.47. The maximum absolute atomic E-state index is 14.2. The molecule has 10 heteroatoms. The number of nitrogens with zero attached hydrogens (tertiary/aromatic N) is 1. The number of carbonyl (C=O) groups is 2. The molecule has 2 fully saturated rings. The van der Waals surface area contributed by atoms with Gasteiger partial charge in [0.2, 0.25) is 11.8 Å². The van der Waals surface area contributed by atoms with Crippen molar-refractivity contribution in [1.82, 2.24) is 0 Å². The van der Waals surface area contributed by atoms with Gasteiger partial charge in [0.1, 0.15) is 18.1 Å². The van der Waals surface area contributed by atoms with Crippen LogP contribution < -0.4 is 15.0 Å². The van der Waals surface area contributed by atoms with Crippen LogP contribution in [-0.2, 0) is 14.2 Å². The third-order valence-corrected chi connectivity index (χ3v) is 9.21. The first kappa shape index (κ1) is 29.2. The molecule has 8 nitrogen and oxygen atoms in total. The number of phenols is 1. The number of amides is 2. The Labute approximate surface area is 266 Å². The number of fused-ring (bicyclic) bond motifs is 3. The number of hydrogen-bond acceptors (Lipinski definition) is 7. The van der Waals surface area contributed by atoms with Crippen LogP contribution in [0.1, 0.15) is 24.5 Å². The molecule has 7 rings (SSSR count). The minimum Gasteiger partial charge on any atom is -0.508 e. The number of rotatable bonds is 7. The fraction of sp³-hybridized carbons (Fsp3) is 0.200. The second-order valence-corrected chi connectivity index (χ2v) is 12.0. The molecule has 4 aromatic carbocycles. The number of aromatic hydroxyl groups is 1. The van der Waals surface area contributed by atoms with Crippen LogP contribution in [0.2, 0.25) is 5.02 Å². The molecule has 0 radical (unpaired) electrons. The molecular weight excluding hydrogens is 591 g/mol. The van der Waals surface area contributed by atoms with Crippen LogP contribution >= 0.6 is 11.6 Å². The van der Waals surface area contributed by atoms with E-state index in [9.17, 15) is 19.7 Å². The van der Waals surface area contributed by atoms with E-state index in [1.54, 1.807) is 18.2 Å². The molecule has 4 atom stereocenters. The zero-order chi connectivity index (χ0) is 31.1. The Morgan fingerprint density at radius 2 is 1.58 bits per heavy atom. The Kier molecular flexibility index (Phi) is 7.83. The molecule has 2 heterocycles. The lowest BCUT2D eigenvalue weighted by Gasteiger charge is -2.42. The monoisotopic (exact) mass is 620 g/mol. The highest BCUT2D eigenvalue weighted by Gasteiger charge is 2.58. The molecule has 3 N–H and O–H groups in total. The number of hydrogen-bond donors (Lipinski definition) is 3. The van der Waals surface area contributed by atoms with E-state index < -0.39 is 31.0 Å². The number of anilines is 3. The number of para-hydroxylation sites is 2. The van der Waals surface area contributed by atoms with Gasteiger partial charge in [0.15, 0.2) is 0 Å². The van der Waals surface area contributed by atoms with Crippen LogP contribution in [0.5, 0.6) is 11.5 Å². The Balaban J connectivity index is 1.21. The predicted octanol–water partition coefficient (Wildman–Crippen LogP) is 6.47. The summed E-state index contributed by atoms with van der Waals surface area (Å²) in [6, 6.07) is 30.8. The molecule has 0 bridgehead atoms. The normalized spacial score (nSPS) is 22.7. The maximum Gasteiger partial charge on any atom is 0.487 e. The van der Waals surface area contributed by atoms with Crippen molar-refractivity contribution in [2.45, 2.75) is 18.9 Å². The quantitative estimate of drug-likeness (QED) is 0.161. The number of benzene rings is 4. The van der Waals surface area contributed by atoms with E-state index >= 15 is 0 Å². The summed E-state index contributed by atoms with van der Waals surface area (Å²) in [6.07, 6.45) is -0.0693. The number of nitrogens with one attached hydrogen (secondary N) is 1. The fourth-order valence-electron chi connectivity index (χ4n) is 6.84. The molecule has 0 aromatic heterocycles. The summed E-state index contributed by atoms with van der Waals surface area (Å²) in [5.41, 5.74) is 4.17. The first-order valence-corrected chi connectivity index (χ1v) is 15.3. The van der Waals surface area contributed by atoms with Gasteiger partial charge < -0.3 is 24.8 Å². The van der Waals surface area contributed by atoms with Gasteiger partial charge in [0.05, 0.1) is 23.6 Å². The van der Waals surface area contributed by atoms with E-state index in [0.29, 0.717) is 33.9 Å². The summed E-state index contributed by atoms with van der Waals surface area (Å²) < 4.78 is 12.2. The third kappa shape index (κ3) is 5.59. The van der Waals surface area contributed by atoms with E-state index in [0.717, 1.165) is 16.9 Å². The van der Waals surface area contributed by atoms with Crippen molar-refractivity contribution >= 4 is 47.6 Å². The predicted molar refractivity (Wildman–Crippen MR) is 172 cm³/mol. The van der Waals surface area contributed by atoms with Gasteiger partial charge in [-0.25, -0.2) is 0 Å². The van der Waals surface area contributed by atoms with Crippen molar-refractivity contribution < 1.29 is 29.1 Å². The largest absolute Gasteiger partial charge is 0.508 e. The van der Waals surface area contributed by atoms with Gasteiger partial charge in [0.25, 0.3) is 0 Å². The lowest BCUT2D eigenvalue weighted by Crippen LogP contribution is -2.45. The van der Waals surface area contributed by atoms with Crippen LogP contribution in [0.15, 0.2) is 114 Å². The first-order chi connectivity index (χ1) is 21.9. The Morgan fingerprint density at radius 3 is 2.29 bits per heavy atom. The zero-order valence-electron chi connectivity index (χ0n) is 24.2. The summed E-state index contributed by atoms with van der Waals surface area (Å²) in [5.74, 6) is -1.71. The molecule has 3 aliphatic rings. The number of halogens is 1. The van der Waals surface area contributed by atoms with E-state index in [4.69, 9.17) is 21.0 Å². The summed E-state index contributed by atoms with van der Waals surface area (Å²) in [5, 5.41) is 24.9. The Bertz CT molecular complexity index is 1770. The molecule has 2 aliphatic heterocycles. The topological polar surface area (TPSA) is 108 Å². The number of carbonyl (C=O) groups excluding carboxylic acids is 2. The lowest BCUT2D eigenvalue weighted by atomic mass is 9.55. The first-order valence-electron chi connectivity index (χ1n) is 14.9. The second kappa shape index (κ2) is 12.1. The minimum absolute atomic E-state index is 0.0102. The van der Waals surface area contributed by atoms with E-state index in [1.165, 1.54) is 17.0 Å². The van der Waals surface area contributed by atoms with E-state index in [-0.39, 0.29) is 30.6 Å². The maximum atomic E-state index is 14.2. The molecule has 0 unspecified atom stereocenters. The summed E-state index contributed by atoms with van der Waals surface area (Å²) in [4.78, 5) is 29.5. The van der Waals surface area contributed by atoms with Crippen LogP contribution in [0.4, 0.5) is 17.1 Å². The van der Waals surface area contributed by atoms with Crippen molar-refractivity contribution in [3.63, 3.8) is 0 Å². The van der Waals surface area contributed by atoms with Gasteiger partial charge in [-0.15, -0.1) is 0 Å². The molecule has 226 valence electrons. The molecular formula is C35H30BClN2O6. The molecule has 45 heavy (non-hydrogen) atoms. The average molecular weight is 621 g/mol. The van der Waals surface area contributed by atoms with Crippen molar-refractivity contribution in [2.24, 2.45) is 17.8 Å². The Morgan fingerprint density at radius 1 is 0.889 bits per heavy atom. The van der Waals surface area contributed by atoms with Crippen LogP contribution in [0.25, 0.3) is 0 Å². The van der Waals surface area contributed by atoms with Gasteiger partial charge in [-0.05, 0) is 96.0 Å². The van der Waals surface area contributed by atoms with Gasteiger partial charge in [-0.3, -0.25) is 14.5 Å². The zero-order valence-corrected chi connectivity index (χ0v) is 24.9. The summed E-state index contributed by atoms with van der Waals surface area (Å²) in [6.45, 7) is 0.144.